The Hall–Kier alpha value is -0.160. The van der Waals surface area contributed by atoms with E-state index in [1.807, 2.05) is 0 Å². The average molecular weight is 415 g/mol. The summed E-state index contributed by atoms with van der Waals surface area (Å²) in [5, 5.41) is 8.56. The second kappa shape index (κ2) is 6.68. The molecule has 6 aliphatic rings. The third-order valence-corrected chi connectivity index (χ3v) is 11.6. The van der Waals surface area contributed by atoms with E-state index in [0.29, 0.717) is 45.8 Å². The van der Waals surface area contributed by atoms with E-state index in [9.17, 15) is 0 Å². The molecule has 4 nitrogen and oxygen atoms in total. The Morgan fingerprint density at radius 3 is 1.30 bits per heavy atom. The van der Waals surface area contributed by atoms with Gasteiger partial charge < -0.3 is 20.4 Å². The molecule has 6 unspecified atom stereocenters. The van der Waals surface area contributed by atoms with E-state index in [1.165, 1.54) is 90.6 Å². The van der Waals surface area contributed by atoms with Crippen molar-refractivity contribution in [3.05, 3.63) is 0 Å². The van der Waals surface area contributed by atoms with Gasteiger partial charge in [0.25, 0.3) is 0 Å². The van der Waals surface area contributed by atoms with Crippen LogP contribution in [-0.2, 0) is 0 Å². The van der Waals surface area contributed by atoms with Gasteiger partial charge in [-0.25, -0.2) is 0 Å². The van der Waals surface area contributed by atoms with Crippen molar-refractivity contribution in [1.82, 2.24) is 20.4 Å². The smallest absolute Gasteiger partial charge is 0.0166 e. The maximum atomic E-state index is 4.28. The Morgan fingerprint density at radius 2 is 0.933 bits per heavy atom. The number of fused-ring (bicyclic) bond motifs is 2. The van der Waals surface area contributed by atoms with Crippen LogP contribution < -0.4 is 10.6 Å². The molecule has 2 N–H and O–H groups in total. The molecular formula is C26H46N4. The maximum Gasteiger partial charge on any atom is 0.0166 e. The number of hydrogen-bond donors (Lipinski definition) is 2. The molecule has 0 aromatic rings. The fourth-order valence-electron chi connectivity index (χ4n) is 10.1. The van der Waals surface area contributed by atoms with Gasteiger partial charge in [0.15, 0.2) is 0 Å². The van der Waals surface area contributed by atoms with Crippen LogP contribution in [-0.4, -0.2) is 73.2 Å². The summed E-state index contributed by atoms with van der Waals surface area (Å²) >= 11 is 0. The Kier molecular flexibility index (Phi) is 4.55. The van der Waals surface area contributed by atoms with Crippen molar-refractivity contribution in [3.63, 3.8) is 0 Å². The van der Waals surface area contributed by atoms with Gasteiger partial charge in [-0.15, -0.1) is 0 Å². The van der Waals surface area contributed by atoms with E-state index in [1.54, 1.807) is 0 Å². The molecule has 170 valence electrons. The van der Waals surface area contributed by atoms with Crippen LogP contribution in [0.1, 0.15) is 79.1 Å². The van der Waals surface area contributed by atoms with Crippen LogP contribution >= 0.6 is 0 Å². The lowest BCUT2D eigenvalue weighted by Crippen LogP contribution is -2.74. The van der Waals surface area contributed by atoms with Crippen LogP contribution in [0.5, 0.6) is 0 Å². The summed E-state index contributed by atoms with van der Waals surface area (Å²) < 4.78 is 0. The van der Waals surface area contributed by atoms with Gasteiger partial charge in [0.2, 0.25) is 0 Å². The summed E-state index contributed by atoms with van der Waals surface area (Å²) in [4.78, 5) is 5.80. The van der Waals surface area contributed by atoms with E-state index in [-0.39, 0.29) is 0 Å². The molecule has 0 radical (unpaired) electrons. The third-order valence-electron chi connectivity index (χ3n) is 11.6. The molecule has 0 amide bonds. The van der Waals surface area contributed by atoms with Gasteiger partial charge in [0, 0.05) is 48.1 Å². The fourth-order valence-corrected chi connectivity index (χ4v) is 10.1. The molecule has 0 aromatic carbocycles. The number of nitrogens with zero attached hydrogens (tertiary/aromatic N) is 2. The van der Waals surface area contributed by atoms with Crippen molar-refractivity contribution in [2.75, 3.05) is 39.3 Å². The first-order valence-corrected chi connectivity index (χ1v) is 13.3. The van der Waals surface area contributed by atoms with E-state index >= 15 is 0 Å². The average Bonchev–Trinajstić information content (AvgIpc) is 2.94. The van der Waals surface area contributed by atoms with Crippen molar-refractivity contribution >= 4 is 0 Å². The fraction of sp³-hybridized carbons (Fsp3) is 1.00. The second-order valence-electron chi connectivity index (χ2n) is 13.1. The predicted octanol–water partition coefficient (Wildman–Crippen LogP) is 3.47. The Bertz CT molecular complexity index is 619. The topological polar surface area (TPSA) is 30.5 Å². The Balaban J connectivity index is 1.49. The van der Waals surface area contributed by atoms with Crippen LogP contribution in [0.25, 0.3) is 0 Å². The Morgan fingerprint density at radius 1 is 0.567 bits per heavy atom. The summed E-state index contributed by atoms with van der Waals surface area (Å²) in [7, 11) is 0. The number of nitrogens with one attached hydrogen (secondary N) is 2. The van der Waals surface area contributed by atoms with Crippen LogP contribution in [0.3, 0.4) is 0 Å². The molecule has 2 saturated carbocycles. The summed E-state index contributed by atoms with van der Waals surface area (Å²) in [6, 6.07) is 2.72. The minimum absolute atomic E-state index is 0.357. The van der Waals surface area contributed by atoms with Crippen molar-refractivity contribution in [2.24, 2.45) is 21.7 Å². The molecule has 4 heteroatoms. The molecule has 6 atom stereocenters. The van der Waals surface area contributed by atoms with Crippen molar-refractivity contribution in [3.8, 4) is 0 Å². The van der Waals surface area contributed by atoms with E-state index < -0.39 is 0 Å². The van der Waals surface area contributed by atoms with Gasteiger partial charge in [-0.2, -0.15) is 0 Å². The number of piperidine rings is 2. The van der Waals surface area contributed by atoms with Gasteiger partial charge in [-0.1, -0.05) is 40.5 Å². The lowest BCUT2D eigenvalue weighted by Gasteiger charge is -2.69. The highest BCUT2D eigenvalue weighted by Crippen LogP contribution is 2.76. The van der Waals surface area contributed by atoms with Crippen LogP contribution in [0.4, 0.5) is 0 Å². The SMILES string of the molecule is CC1(C)C2CC3NC4CC(N2)C1(CN1CCCCC1)C3(CN1CCCCC1)C4(C)C. The summed E-state index contributed by atoms with van der Waals surface area (Å²) in [6.07, 6.45) is 11.2. The summed E-state index contributed by atoms with van der Waals surface area (Å²) in [5.74, 6) is 0. The first-order valence-electron chi connectivity index (χ1n) is 13.3. The van der Waals surface area contributed by atoms with Gasteiger partial charge in [0.05, 0.1) is 0 Å². The second-order valence-corrected chi connectivity index (χ2v) is 13.1. The summed E-state index contributed by atoms with van der Waals surface area (Å²) in [6.45, 7) is 18.6. The first-order chi connectivity index (χ1) is 14.3. The molecule has 2 aliphatic carbocycles. The molecule has 4 bridgehead atoms. The number of likely N-dealkylation sites (tertiary alicyclic amines) is 2. The van der Waals surface area contributed by atoms with E-state index in [2.05, 4.69) is 48.1 Å². The van der Waals surface area contributed by atoms with E-state index in [0.717, 1.165) is 0 Å². The zero-order valence-corrected chi connectivity index (χ0v) is 20.1. The highest BCUT2D eigenvalue weighted by atomic mass is 15.3. The molecular weight excluding hydrogens is 368 g/mol. The zero-order valence-electron chi connectivity index (χ0n) is 20.1. The van der Waals surface area contributed by atoms with Gasteiger partial charge >= 0.3 is 0 Å². The lowest BCUT2D eigenvalue weighted by molar-refractivity contribution is -0.194. The Labute approximate surface area is 184 Å². The molecule has 0 spiro atoms. The van der Waals surface area contributed by atoms with Gasteiger partial charge in [-0.3, -0.25) is 0 Å². The highest BCUT2D eigenvalue weighted by Gasteiger charge is 2.83. The van der Waals surface area contributed by atoms with Crippen LogP contribution in [0.2, 0.25) is 0 Å². The normalized spacial score (nSPS) is 49.6. The molecule has 30 heavy (non-hydrogen) atoms. The van der Waals surface area contributed by atoms with Crippen molar-refractivity contribution in [1.29, 1.82) is 0 Å². The monoisotopic (exact) mass is 414 g/mol. The first kappa shape index (κ1) is 20.4. The predicted molar refractivity (Wildman–Crippen MR) is 124 cm³/mol. The zero-order chi connectivity index (χ0) is 20.8. The number of hydrogen-bond acceptors (Lipinski definition) is 4. The standard InChI is InChI=1S/C26H46N4/c1-23(2)19-15-22-26(18-30-13-9-6-10-14-30)24(3,4)20(28-22)16-21(27-19)25(23,26)17-29-11-7-5-8-12-29/h19-22,27-28H,5-18H2,1-4H3. The van der Waals surface area contributed by atoms with Crippen LogP contribution in [0, 0.1) is 21.7 Å². The molecule has 0 aromatic heterocycles. The quantitative estimate of drug-likeness (QED) is 0.737. The largest absolute Gasteiger partial charge is 0.310 e. The molecule has 4 heterocycles. The highest BCUT2D eigenvalue weighted by molar-refractivity contribution is 5.36. The van der Waals surface area contributed by atoms with Gasteiger partial charge in [-0.05, 0) is 75.5 Å². The molecule has 6 rings (SSSR count). The van der Waals surface area contributed by atoms with Crippen molar-refractivity contribution < 1.29 is 0 Å². The minimum Gasteiger partial charge on any atom is -0.310 e. The minimum atomic E-state index is 0.357. The maximum absolute atomic E-state index is 4.28. The van der Waals surface area contributed by atoms with E-state index in [4.69, 9.17) is 0 Å². The lowest BCUT2D eigenvalue weighted by atomic mass is 9.35. The van der Waals surface area contributed by atoms with Crippen molar-refractivity contribution in [2.45, 2.75) is 103 Å². The number of rotatable bonds is 4. The molecule has 4 saturated heterocycles. The molecule has 6 fully saturated rings. The summed E-state index contributed by atoms with van der Waals surface area (Å²) in [5.41, 5.74) is 1.45. The van der Waals surface area contributed by atoms with Gasteiger partial charge in [0.1, 0.15) is 0 Å². The third kappa shape index (κ3) is 2.33. The molecule has 4 aliphatic heterocycles. The van der Waals surface area contributed by atoms with Crippen LogP contribution in [0.15, 0.2) is 0 Å².